The Balaban J connectivity index is 0.000000726. The monoisotopic (exact) mass is 542 g/mol. The van der Waals surface area contributed by atoms with Crippen molar-refractivity contribution in [1.29, 1.82) is 0 Å². The van der Waals surface area contributed by atoms with Gasteiger partial charge in [-0.25, -0.2) is 0 Å². The highest BCUT2D eigenvalue weighted by molar-refractivity contribution is 5.83. The quantitative estimate of drug-likeness (QED) is 0.153. The number of carbonyl (C=O) groups is 4. The number of hydrogen-bond donors (Lipinski definition) is 2. The van der Waals surface area contributed by atoms with Crippen LogP contribution in [0.25, 0.3) is 0 Å². The molecule has 0 radical (unpaired) electrons. The fourth-order valence-corrected chi connectivity index (χ4v) is 5.86. The van der Waals surface area contributed by atoms with Crippen LogP contribution in [0.4, 0.5) is 0 Å². The number of unbranched alkanes of at least 4 members (excludes halogenated alkanes) is 3. The van der Waals surface area contributed by atoms with E-state index in [2.05, 4.69) is 6.92 Å². The summed E-state index contributed by atoms with van der Waals surface area (Å²) in [5, 5.41) is 18.7. The molecule has 0 aromatic heterocycles. The molecule has 2 N–H and O–H groups in total. The Kier molecular flexibility index (Phi) is 18.0. The zero-order chi connectivity index (χ0) is 29.3. The van der Waals surface area contributed by atoms with Gasteiger partial charge in [0.15, 0.2) is 0 Å². The maximum absolute atomic E-state index is 12.4. The lowest BCUT2D eigenvalue weighted by Crippen LogP contribution is -2.41. The minimum Gasteiger partial charge on any atom is -0.481 e. The average molecular weight is 543 g/mol. The summed E-state index contributed by atoms with van der Waals surface area (Å²) < 4.78 is 10.4. The van der Waals surface area contributed by atoms with Gasteiger partial charge < -0.3 is 19.7 Å². The van der Waals surface area contributed by atoms with E-state index in [0.29, 0.717) is 32.5 Å². The number of carbonyl (C=O) groups excluding carboxylic acids is 2. The van der Waals surface area contributed by atoms with Crippen LogP contribution >= 0.6 is 0 Å². The van der Waals surface area contributed by atoms with Crippen molar-refractivity contribution < 1.29 is 38.9 Å². The lowest BCUT2D eigenvalue weighted by atomic mass is 9.69. The van der Waals surface area contributed by atoms with Crippen LogP contribution in [0.2, 0.25) is 0 Å². The van der Waals surface area contributed by atoms with Gasteiger partial charge in [0.2, 0.25) is 0 Å². The summed E-state index contributed by atoms with van der Waals surface area (Å²) >= 11 is 0. The molecule has 8 heteroatoms. The van der Waals surface area contributed by atoms with Gasteiger partial charge in [0.05, 0.1) is 36.4 Å². The normalized spacial score (nSPS) is 16.2. The van der Waals surface area contributed by atoms with Crippen molar-refractivity contribution in [2.75, 3.05) is 13.2 Å². The Hall–Kier alpha value is -2.12. The van der Waals surface area contributed by atoms with Crippen LogP contribution in [0.5, 0.6) is 0 Å². The molecular formula is C30H54O8. The number of rotatable bonds is 17. The van der Waals surface area contributed by atoms with Crippen LogP contribution in [0.15, 0.2) is 0 Å². The van der Waals surface area contributed by atoms with E-state index in [1.807, 2.05) is 13.8 Å². The molecule has 0 amide bonds. The molecule has 0 aromatic carbocycles. The molecule has 1 aliphatic carbocycles. The molecule has 8 nitrogen and oxygen atoms in total. The number of hydrogen-bond acceptors (Lipinski definition) is 6. The van der Waals surface area contributed by atoms with E-state index >= 15 is 0 Å². The number of carboxylic acids is 2. The second kappa shape index (κ2) is 19.0. The summed E-state index contributed by atoms with van der Waals surface area (Å²) in [6, 6.07) is 0. The molecular weight excluding hydrogens is 488 g/mol. The van der Waals surface area contributed by atoms with Crippen molar-refractivity contribution in [1.82, 2.24) is 0 Å². The summed E-state index contributed by atoms with van der Waals surface area (Å²) in [6.07, 6.45) is 9.40. The van der Waals surface area contributed by atoms with Gasteiger partial charge in [-0.1, -0.05) is 73.1 Å². The van der Waals surface area contributed by atoms with E-state index in [9.17, 15) is 29.4 Å². The Bertz CT molecular complexity index is 707. The molecule has 0 heterocycles. The van der Waals surface area contributed by atoms with Crippen LogP contribution in [0, 0.1) is 35.0 Å². The third-order valence-corrected chi connectivity index (χ3v) is 8.13. The molecule has 222 valence electrons. The van der Waals surface area contributed by atoms with E-state index in [-0.39, 0.29) is 29.7 Å². The first-order chi connectivity index (χ1) is 18.0. The standard InChI is InChI=1S/C16H28O4.C14H26O4/c1-5-19-15(17)13(11(3)4)14(16(18)20-6-2)12-9-7-8-10-12;1-4-7-8-9-10-11(12(15)16)14(5-2,6-3)13(17)18/h11-14H,5-10H2,1-4H3;11H,4-10H2,1-3H3,(H,15,16)(H,17,18). The van der Waals surface area contributed by atoms with E-state index in [1.165, 1.54) is 0 Å². The van der Waals surface area contributed by atoms with Gasteiger partial charge in [-0.2, -0.15) is 0 Å². The first-order valence-corrected chi connectivity index (χ1v) is 14.8. The smallest absolute Gasteiger partial charge is 0.310 e. The van der Waals surface area contributed by atoms with Crippen molar-refractivity contribution in [2.45, 2.75) is 119 Å². The topological polar surface area (TPSA) is 127 Å². The third-order valence-electron chi connectivity index (χ3n) is 8.13. The van der Waals surface area contributed by atoms with Crippen LogP contribution in [-0.2, 0) is 28.7 Å². The van der Waals surface area contributed by atoms with Gasteiger partial charge >= 0.3 is 23.9 Å². The molecule has 3 atom stereocenters. The summed E-state index contributed by atoms with van der Waals surface area (Å²) in [5.41, 5.74) is -1.11. The van der Waals surface area contributed by atoms with Crippen molar-refractivity contribution in [3.8, 4) is 0 Å². The Morgan fingerprint density at radius 2 is 1.34 bits per heavy atom. The summed E-state index contributed by atoms with van der Waals surface area (Å²) in [6.45, 7) is 13.9. The van der Waals surface area contributed by atoms with Gasteiger partial charge in [0, 0.05) is 0 Å². The molecule has 1 fully saturated rings. The fraction of sp³-hybridized carbons (Fsp3) is 0.867. The minimum absolute atomic E-state index is 0.0732. The van der Waals surface area contributed by atoms with Gasteiger partial charge in [0.25, 0.3) is 0 Å². The number of esters is 2. The molecule has 0 saturated heterocycles. The Labute approximate surface area is 230 Å². The highest BCUT2D eigenvalue weighted by atomic mass is 16.5. The van der Waals surface area contributed by atoms with Crippen LogP contribution < -0.4 is 0 Å². The van der Waals surface area contributed by atoms with Crippen LogP contribution in [-0.4, -0.2) is 47.3 Å². The van der Waals surface area contributed by atoms with Crippen molar-refractivity contribution in [3.63, 3.8) is 0 Å². The molecule has 1 saturated carbocycles. The first kappa shape index (κ1) is 35.9. The lowest BCUT2D eigenvalue weighted by Gasteiger charge is -2.33. The Morgan fingerprint density at radius 1 is 0.816 bits per heavy atom. The summed E-state index contributed by atoms with van der Waals surface area (Å²) in [4.78, 5) is 47.4. The highest BCUT2D eigenvalue weighted by Crippen LogP contribution is 2.40. The zero-order valence-corrected chi connectivity index (χ0v) is 24.9. The molecule has 1 aliphatic rings. The number of aliphatic carboxylic acids is 2. The predicted octanol–water partition coefficient (Wildman–Crippen LogP) is 6.74. The van der Waals surface area contributed by atoms with E-state index in [1.54, 1.807) is 27.7 Å². The average Bonchev–Trinajstić information content (AvgIpc) is 3.39. The van der Waals surface area contributed by atoms with Crippen LogP contribution in [0.3, 0.4) is 0 Å². The molecule has 1 rings (SSSR count). The predicted molar refractivity (Wildman–Crippen MR) is 148 cm³/mol. The summed E-state index contributed by atoms with van der Waals surface area (Å²) in [7, 11) is 0. The van der Waals surface area contributed by atoms with E-state index in [0.717, 1.165) is 51.4 Å². The van der Waals surface area contributed by atoms with Gasteiger partial charge in [-0.3, -0.25) is 19.2 Å². The minimum atomic E-state index is -1.11. The van der Waals surface area contributed by atoms with Crippen molar-refractivity contribution in [3.05, 3.63) is 0 Å². The fourth-order valence-electron chi connectivity index (χ4n) is 5.86. The zero-order valence-electron chi connectivity index (χ0n) is 24.9. The largest absolute Gasteiger partial charge is 0.481 e. The Morgan fingerprint density at radius 3 is 1.74 bits per heavy atom. The second-order valence-corrected chi connectivity index (χ2v) is 10.8. The third kappa shape index (κ3) is 10.6. The molecule has 0 aromatic rings. The van der Waals surface area contributed by atoms with Gasteiger partial charge in [-0.15, -0.1) is 0 Å². The summed E-state index contributed by atoms with van der Waals surface area (Å²) in [5.74, 6) is -3.63. The second-order valence-electron chi connectivity index (χ2n) is 10.8. The SMILES string of the molecule is CCCCCCC(C(=O)O)C(CC)(CC)C(=O)O.CCOC(=O)C(C(C)C)C(C(=O)OCC)C1CCCC1. The number of ether oxygens (including phenoxy) is 2. The van der Waals surface area contributed by atoms with Crippen molar-refractivity contribution >= 4 is 23.9 Å². The van der Waals surface area contributed by atoms with E-state index in [4.69, 9.17) is 9.47 Å². The maximum atomic E-state index is 12.4. The molecule has 0 aliphatic heterocycles. The van der Waals surface area contributed by atoms with Gasteiger partial charge in [-0.05, 0) is 57.8 Å². The van der Waals surface area contributed by atoms with Crippen molar-refractivity contribution in [2.24, 2.45) is 35.0 Å². The van der Waals surface area contributed by atoms with Crippen LogP contribution in [0.1, 0.15) is 119 Å². The van der Waals surface area contributed by atoms with E-state index < -0.39 is 29.2 Å². The lowest BCUT2D eigenvalue weighted by molar-refractivity contribution is -0.165. The molecule has 3 unspecified atom stereocenters. The molecule has 0 bridgehead atoms. The number of carboxylic acid groups (broad SMARTS) is 2. The highest BCUT2D eigenvalue weighted by Gasteiger charge is 2.46. The molecule has 38 heavy (non-hydrogen) atoms. The maximum Gasteiger partial charge on any atom is 0.310 e. The first-order valence-electron chi connectivity index (χ1n) is 14.8. The molecule has 0 spiro atoms. The van der Waals surface area contributed by atoms with Gasteiger partial charge in [0.1, 0.15) is 0 Å².